The second kappa shape index (κ2) is 7.51. The number of nitrogens with zero attached hydrogens (tertiary/aromatic N) is 2. The lowest BCUT2D eigenvalue weighted by atomic mass is 10.3. The molecule has 0 radical (unpaired) electrons. The molecular formula is C12H13FN4S3. The van der Waals surface area contributed by atoms with E-state index in [0.717, 1.165) is 16.5 Å². The van der Waals surface area contributed by atoms with Crippen LogP contribution in [-0.4, -0.2) is 21.1 Å². The highest BCUT2D eigenvalue weighted by Gasteiger charge is 2.06. The highest BCUT2D eigenvalue weighted by molar-refractivity contribution is 8.01. The van der Waals surface area contributed by atoms with Gasteiger partial charge in [-0.25, -0.2) is 4.39 Å². The average Bonchev–Trinajstić information content (AvgIpc) is 2.86. The first kappa shape index (κ1) is 15.1. The monoisotopic (exact) mass is 328 g/mol. The molecule has 0 saturated heterocycles. The van der Waals surface area contributed by atoms with Gasteiger partial charge in [0.15, 0.2) is 9.45 Å². The van der Waals surface area contributed by atoms with E-state index in [-0.39, 0.29) is 5.82 Å². The highest BCUT2D eigenvalue weighted by atomic mass is 32.2. The van der Waals surface area contributed by atoms with Crippen molar-refractivity contribution < 1.29 is 4.39 Å². The van der Waals surface area contributed by atoms with E-state index < -0.39 is 0 Å². The summed E-state index contributed by atoms with van der Waals surface area (Å²) in [6.45, 7) is 2.12. The van der Waals surface area contributed by atoms with E-state index in [4.69, 9.17) is 12.2 Å². The van der Waals surface area contributed by atoms with Crippen LogP contribution in [0.1, 0.15) is 13.3 Å². The fourth-order valence-corrected chi connectivity index (χ4v) is 3.26. The zero-order valence-electron chi connectivity index (χ0n) is 10.7. The van der Waals surface area contributed by atoms with Crippen LogP contribution >= 0.6 is 35.3 Å². The van der Waals surface area contributed by atoms with Crippen molar-refractivity contribution in [2.24, 2.45) is 0 Å². The Labute approximate surface area is 130 Å². The average molecular weight is 328 g/mol. The lowest BCUT2D eigenvalue weighted by Gasteiger charge is -2.07. The number of hydrogen-bond acceptors (Lipinski definition) is 5. The van der Waals surface area contributed by atoms with Crippen LogP contribution in [0, 0.1) is 5.82 Å². The number of nitrogens with one attached hydrogen (secondary N) is 2. The van der Waals surface area contributed by atoms with Crippen molar-refractivity contribution in [3.63, 3.8) is 0 Å². The summed E-state index contributed by atoms with van der Waals surface area (Å²) in [6, 6.07) is 5.97. The summed E-state index contributed by atoms with van der Waals surface area (Å²) in [4.78, 5) is 0. The van der Waals surface area contributed by atoms with E-state index in [0.29, 0.717) is 15.9 Å². The molecule has 20 heavy (non-hydrogen) atoms. The van der Waals surface area contributed by atoms with Crippen LogP contribution in [0.25, 0.3) is 0 Å². The number of aromatic nitrogens is 2. The predicted molar refractivity (Wildman–Crippen MR) is 87.2 cm³/mol. The van der Waals surface area contributed by atoms with Crippen LogP contribution < -0.4 is 10.6 Å². The minimum absolute atomic E-state index is 0.281. The molecule has 0 aliphatic heterocycles. The van der Waals surface area contributed by atoms with Crippen molar-refractivity contribution in [2.45, 2.75) is 17.7 Å². The summed E-state index contributed by atoms with van der Waals surface area (Å²) in [7, 11) is 0. The molecule has 1 aromatic heterocycles. The Kier molecular flexibility index (Phi) is 5.69. The summed E-state index contributed by atoms with van der Waals surface area (Å²) in [5.74, 6) is 0.739. The Balaban J connectivity index is 1.87. The summed E-state index contributed by atoms with van der Waals surface area (Å²) in [5, 5.41) is 15.0. The smallest absolute Gasteiger partial charge is 0.212 e. The maximum absolute atomic E-state index is 12.8. The SMILES string of the molecule is CCCSc1nnc(NC(=S)Nc2ccc(F)cc2)s1. The first-order valence-electron chi connectivity index (χ1n) is 5.97. The Morgan fingerprint density at radius 2 is 2.05 bits per heavy atom. The molecule has 106 valence electrons. The number of anilines is 2. The van der Waals surface area contributed by atoms with Gasteiger partial charge in [-0.1, -0.05) is 30.0 Å². The maximum atomic E-state index is 12.8. The molecule has 1 aromatic carbocycles. The van der Waals surface area contributed by atoms with Gasteiger partial charge in [0.2, 0.25) is 5.13 Å². The Bertz CT molecular complexity index is 570. The van der Waals surface area contributed by atoms with E-state index in [1.165, 1.54) is 23.5 Å². The molecule has 8 heteroatoms. The maximum Gasteiger partial charge on any atom is 0.212 e. The minimum atomic E-state index is -0.281. The van der Waals surface area contributed by atoms with Gasteiger partial charge in [-0.05, 0) is 42.9 Å². The molecule has 2 aromatic rings. The van der Waals surface area contributed by atoms with Crippen molar-refractivity contribution in [1.29, 1.82) is 0 Å². The number of benzene rings is 1. The van der Waals surface area contributed by atoms with E-state index in [1.54, 1.807) is 23.9 Å². The second-order valence-electron chi connectivity index (χ2n) is 3.81. The Morgan fingerprint density at radius 3 is 2.75 bits per heavy atom. The molecule has 0 fully saturated rings. The molecular weight excluding hydrogens is 315 g/mol. The molecule has 0 atom stereocenters. The molecule has 0 bridgehead atoms. The molecule has 4 nitrogen and oxygen atoms in total. The summed E-state index contributed by atoms with van der Waals surface area (Å²) in [5.41, 5.74) is 0.717. The molecule has 0 aliphatic carbocycles. The molecule has 0 aliphatic rings. The normalized spacial score (nSPS) is 10.3. The standard InChI is InChI=1S/C12H13FN4S3/c1-2-7-19-12-17-16-11(20-12)15-10(18)14-9-5-3-8(13)4-6-9/h3-6H,2,7H2,1H3,(H2,14,15,16,18). The first-order chi connectivity index (χ1) is 9.67. The van der Waals surface area contributed by atoms with Gasteiger partial charge in [-0.2, -0.15) is 0 Å². The zero-order chi connectivity index (χ0) is 14.4. The predicted octanol–water partition coefficient (Wildman–Crippen LogP) is 3.99. The molecule has 0 unspecified atom stereocenters. The van der Waals surface area contributed by atoms with Gasteiger partial charge in [-0.3, -0.25) is 0 Å². The number of thiocarbonyl (C=S) groups is 1. The van der Waals surface area contributed by atoms with Gasteiger partial charge in [0.25, 0.3) is 0 Å². The van der Waals surface area contributed by atoms with Crippen molar-refractivity contribution in [2.75, 3.05) is 16.4 Å². The van der Waals surface area contributed by atoms with Gasteiger partial charge in [0.05, 0.1) is 0 Å². The largest absolute Gasteiger partial charge is 0.332 e. The third-order valence-corrected chi connectivity index (χ3v) is 4.54. The first-order valence-corrected chi connectivity index (χ1v) is 8.18. The van der Waals surface area contributed by atoms with Gasteiger partial charge in [-0.15, -0.1) is 10.2 Å². The lowest BCUT2D eigenvalue weighted by Crippen LogP contribution is -2.18. The van der Waals surface area contributed by atoms with Crippen LogP contribution in [0.3, 0.4) is 0 Å². The quantitative estimate of drug-likeness (QED) is 0.639. The van der Waals surface area contributed by atoms with Gasteiger partial charge in [0.1, 0.15) is 5.82 Å². The number of halogens is 1. The van der Waals surface area contributed by atoms with Crippen LogP contribution in [0.4, 0.5) is 15.2 Å². The molecule has 1 heterocycles. The van der Waals surface area contributed by atoms with Gasteiger partial charge in [0, 0.05) is 11.4 Å². The van der Waals surface area contributed by atoms with Crippen LogP contribution in [0.5, 0.6) is 0 Å². The van der Waals surface area contributed by atoms with Crippen molar-refractivity contribution in [1.82, 2.24) is 10.2 Å². The molecule has 2 N–H and O–H groups in total. The van der Waals surface area contributed by atoms with E-state index in [1.807, 2.05) is 0 Å². The van der Waals surface area contributed by atoms with Gasteiger partial charge >= 0.3 is 0 Å². The topological polar surface area (TPSA) is 49.8 Å². The molecule has 0 amide bonds. The fourth-order valence-electron chi connectivity index (χ4n) is 1.30. The van der Waals surface area contributed by atoms with Crippen molar-refractivity contribution in [3.05, 3.63) is 30.1 Å². The summed E-state index contributed by atoms with van der Waals surface area (Å²) in [6.07, 6.45) is 1.09. The second-order valence-corrected chi connectivity index (χ2v) is 6.54. The van der Waals surface area contributed by atoms with Crippen LogP contribution in [0.15, 0.2) is 28.6 Å². The third-order valence-electron chi connectivity index (χ3n) is 2.16. The summed E-state index contributed by atoms with van der Waals surface area (Å²) < 4.78 is 13.7. The minimum Gasteiger partial charge on any atom is -0.332 e. The lowest BCUT2D eigenvalue weighted by molar-refractivity contribution is 0.628. The molecule has 0 saturated carbocycles. The Morgan fingerprint density at radius 1 is 1.30 bits per heavy atom. The number of hydrogen-bond donors (Lipinski definition) is 2. The van der Waals surface area contributed by atoms with E-state index in [9.17, 15) is 4.39 Å². The third kappa shape index (κ3) is 4.69. The zero-order valence-corrected chi connectivity index (χ0v) is 13.2. The van der Waals surface area contributed by atoms with E-state index in [2.05, 4.69) is 27.8 Å². The van der Waals surface area contributed by atoms with Gasteiger partial charge < -0.3 is 10.6 Å². The fraction of sp³-hybridized carbons (Fsp3) is 0.250. The number of rotatable bonds is 5. The van der Waals surface area contributed by atoms with Crippen LogP contribution in [-0.2, 0) is 0 Å². The van der Waals surface area contributed by atoms with Crippen LogP contribution in [0.2, 0.25) is 0 Å². The summed E-state index contributed by atoms with van der Waals surface area (Å²) >= 11 is 8.29. The van der Waals surface area contributed by atoms with Crippen molar-refractivity contribution in [3.8, 4) is 0 Å². The number of thioether (sulfide) groups is 1. The Hall–Kier alpha value is -1.25. The molecule has 2 rings (SSSR count). The van der Waals surface area contributed by atoms with E-state index >= 15 is 0 Å². The molecule has 0 spiro atoms. The highest BCUT2D eigenvalue weighted by Crippen LogP contribution is 2.25. The van der Waals surface area contributed by atoms with Crippen molar-refractivity contribution >= 4 is 51.2 Å².